The fourth-order valence-electron chi connectivity index (χ4n) is 10.1. The predicted octanol–water partition coefficient (Wildman–Crippen LogP) is 8.97. The topological polar surface area (TPSA) is 97.3 Å². The van der Waals surface area contributed by atoms with Gasteiger partial charge in [-0.3, -0.25) is 5.32 Å². The second-order valence-electron chi connectivity index (χ2n) is 17.0. The van der Waals surface area contributed by atoms with Crippen LogP contribution in [0.1, 0.15) is 94.7 Å². The molecule has 1 amide bonds. The Hall–Kier alpha value is -3.06. The molecule has 7 nitrogen and oxygen atoms in total. The van der Waals surface area contributed by atoms with Crippen molar-refractivity contribution in [1.82, 2.24) is 0 Å². The molecule has 4 aliphatic carbocycles. The van der Waals surface area contributed by atoms with Gasteiger partial charge in [0, 0.05) is 35.3 Å². The summed E-state index contributed by atoms with van der Waals surface area (Å²) in [4.78, 5) is 12.5. The summed E-state index contributed by atoms with van der Waals surface area (Å²) in [6.07, 6.45) is -5.66. The monoisotopic (exact) mass is 733 g/mol. The number of ether oxygens (including phenoxy) is 3. The molecule has 4 fully saturated rings. The minimum atomic E-state index is -5.93. The van der Waals surface area contributed by atoms with E-state index in [1.165, 1.54) is 6.92 Å². The van der Waals surface area contributed by atoms with Crippen LogP contribution in [0.3, 0.4) is 0 Å². The van der Waals surface area contributed by atoms with Crippen molar-refractivity contribution in [1.29, 1.82) is 0 Å². The second kappa shape index (κ2) is 12.5. The Kier molecular flexibility index (Phi) is 8.95. The molecule has 1 heterocycles. The molecule has 0 aromatic heterocycles. The zero-order valence-electron chi connectivity index (χ0n) is 30.0. The number of alkyl halides is 5. The van der Waals surface area contributed by atoms with Gasteiger partial charge in [-0.05, 0) is 86.1 Å². The molecule has 0 bridgehead atoms. The zero-order valence-corrected chi connectivity index (χ0v) is 30.0. The number of fused-ring (bicyclic) bond motifs is 4. The number of hydrogen-bond acceptors (Lipinski definition) is 6. The van der Waals surface area contributed by atoms with Crippen LogP contribution in [0, 0.1) is 29.6 Å². The number of benzene rings is 2. The number of carbonyl (C=O) groups excluding carboxylic acids is 1. The molecule has 1 saturated heterocycles. The summed E-state index contributed by atoms with van der Waals surface area (Å²) in [5, 5.41) is 26.7. The number of hydrogen-bond donors (Lipinski definition) is 3. The molecule has 1 aliphatic heterocycles. The lowest BCUT2D eigenvalue weighted by Crippen LogP contribution is -2.65. The van der Waals surface area contributed by atoms with E-state index in [4.69, 9.17) is 14.2 Å². The summed E-state index contributed by atoms with van der Waals surface area (Å²) in [5.41, 5.74) is -1.98. The van der Waals surface area contributed by atoms with Gasteiger partial charge in [-0.2, -0.15) is 22.0 Å². The molecule has 2 aromatic carbocycles. The van der Waals surface area contributed by atoms with E-state index in [0.29, 0.717) is 49.3 Å². The first-order valence-electron chi connectivity index (χ1n) is 18.2. The molecule has 3 saturated carbocycles. The quantitative estimate of drug-likeness (QED) is 0.210. The predicted molar refractivity (Wildman–Crippen MR) is 183 cm³/mol. The third-order valence-corrected chi connectivity index (χ3v) is 12.9. The van der Waals surface area contributed by atoms with Crippen LogP contribution in [0.4, 0.5) is 32.4 Å². The number of aliphatic hydroxyl groups is 2. The Bertz CT molecular complexity index is 1710. The highest BCUT2D eigenvalue weighted by Crippen LogP contribution is 2.71. The van der Waals surface area contributed by atoms with Crippen LogP contribution in [0.5, 0.6) is 0 Å². The zero-order chi connectivity index (χ0) is 37.5. The Balaban J connectivity index is 1.21. The maximum Gasteiger partial charge on any atom is 0.456 e. The average molecular weight is 734 g/mol. The van der Waals surface area contributed by atoms with Gasteiger partial charge < -0.3 is 24.4 Å². The van der Waals surface area contributed by atoms with Crippen molar-refractivity contribution in [3.8, 4) is 0 Å². The van der Waals surface area contributed by atoms with Crippen molar-refractivity contribution in [2.45, 2.75) is 121 Å². The fourth-order valence-corrected chi connectivity index (χ4v) is 10.1. The Labute approximate surface area is 300 Å². The number of nitrogens with one attached hydrogen (secondary N) is 1. The number of rotatable bonds is 5. The number of aryl methyl sites for hydroxylation is 1. The van der Waals surface area contributed by atoms with E-state index in [1.54, 1.807) is 36.4 Å². The molecular formula is C40H48F5NO6. The number of amides is 1. The van der Waals surface area contributed by atoms with Crippen LogP contribution >= 0.6 is 0 Å². The fraction of sp³-hybridized carbons (Fsp3) is 0.625. The largest absolute Gasteiger partial charge is 0.456 e. The lowest BCUT2D eigenvalue weighted by atomic mass is 9.49. The van der Waals surface area contributed by atoms with E-state index in [-0.39, 0.29) is 37.7 Å². The van der Waals surface area contributed by atoms with Crippen molar-refractivity contribution in [2.24, 2.45) is 22.7 Å². The Morgan fingerprint density at radius 3 is 2.21 bits per heavy atom. The van der Waals surface area contributed by atoms with E-state index in [9.17, 15) is 28.2 Å². The Morgan fingerprint density at radius 2 is 1.58 bits per heavy atom. The molecule has 2 aromatic rings. The van der Waals surface area contributed by atoms with E-state index >= 15 is 8.78 Å². The summed E-state index contributed by atoms with van der Waals surface area (Å²) in [5.74, 6) is -7.99. The number of halogens is 5. The maximum atomic E-state index is 15.4. The van der Waals surface area contributed by atoms with Gasteiger partial charge in [0.25, 0.3) is 0 Å². The van der Waals surface area contributed by atoms with E-state index in [1.807, 2.05) is 32.9 Å². The van der Waals surface area contributed by atoms with Crippen molar-refractivity contribution in [3.63, 3.8) is 0 Å². The number of anilines is 1. The summed E-state index contributed by atoms with van der Waals surface area (Å²) in [6, 6.07) is 14.3. The molecule has 3 N–H and O–H groups in total. The summed E-state index contributed by atoms with van der Waals surface area (Å²) in [6.45, 7) is 8.30. The Morgan fingerprint density at radius 1 is 0.923 bits per heavy atom. The molecule has 5 aliphatic rings. The highest BCUT2D eigenvalue weighted by Gasteiger charge is 2.79. The molecule has 12 heteroatoms. The van der Waals surface area contributed by atoms with Crippen LogP contribution in [0.25, 0.3) is 0 Å². The van der Waals surface area contributed by atoms with Gasteiger partial charge in [0.2, 0.25) is 0 Å². The average Bonchev–Trinajstić information content (AvgIpc) is 3.36. The maximum absolute atomic E-state index is 15.4. The van der Waals surface area contributed by atoms with Gasteiger partial charge in [-0.1, -0.05) is 68.3 Å². The second-order valence-corrected chi connectivity index (χ2v) is 17.0. The van der Waals surface area contributed by atoms with Gasteiger partial charge in [-0.15, -0.1) is 0 Å². The van der Waals surface area contributed by atoms with Crippen molar-refractivity contribution < 1.29 is 51.2 Å². The van der Waals surface area contributed by atoms with Crippen molar-refractivity contribution in [3.05, 3.63) is 76.4 Å². The highest BCUT2D eigenvalue weighted by atomic mass is 19.4. The van der Waals surface area contributed by atoms with Crippen molar-refractivity contribution >= 4 is 11.8 Å². The minimum Gasteiger partial charge on any atom is -0.444 e. The van der Waals surface area contributed by atoms with Gasteiger partial charge in [0.05, 0.1) is 18.8 Å². The first kappa shape index (κ1) is 37.3. The molecule has 0 radical (unpaired) electrons. The van der Waals surface area contributed by atoms with Crippen molar-refractivity contribution in [2.75, 3.05) is 18.5 Å². The van der Waals surface area contributed by atoms with E-state index in [0.717, 1.165) is 16.7 Å². The number of allylic oxidation sites excluding steroid dienone is 1. The van der Waals surface area contributed by atoms with Crippen LogP contribution in [0.15, 0.2) is 59.7 Å². The van der Waals surface area contributed by atoms with Crippen LogP contribution < -0.4 is 5.32 Å². The van der Waals surface area contributed by atoms with Gasteiger partial charge in [0.15, 0.2) is 5.79 Å². The molecule has 52 heavy (non-hydrogen) atoms. The lowest BCUT2D eigenvalue weighted by Gasteiger charge is -2.59. The summed E-state index contributed by atoms with van der Waals surface area (Å²) in [7, 11) is 0. The standard InChI is InChI=1S/C40H48F5NO6/c1-24-5-11-27(12-6-24)46-33(47)50-20-25-7-9-26(10-8-25)29-19-35(4)30(15-18-38(35,49)39(41,42)40(43,44)45)28-13-16-36(48)21-37(17-14-31(36)32(28)29)51-22-34(2,3)23-52-37/h5-12,28-30,48-49H,13-23H2,1-4H3,(H,46,47)/t28-,29+,30-,35-,36+,38-/m0/s1. The van der Waals surface area contributed by atoms with Gasteiger partial charge >= 0.3 is 18.2 Å². The third-order valence-electron chi connectivity index (χ3n) is 12.9. The molecule has 284 valence electrons. The van der Waals surface area contributed by atoms with Crippen LogP contribution in [0.2, 0.25) is 0 Å². The van der Waals surface area contributed by atoms with E-state index < -0.39 is 64.8 Å². The first-order chi connectivity index (χ1) is 24.2. The van der Waals surface area contributed by atoms with Gasteiger partial charge in [-0.25, -0.2) is 4.79 Å². The highest BCUT2D eigenvalue weighted by molar-refractivity contribution is 5.84. The van der Waals surface area contributed by atoms with Crippen LogP contribution in [-0.2, 0) is 20.8 Å². The first-order valence-corrected chi connectivity index (χ1v) is 18.2. The third kappa shape index (κ3) is 6.05. The number of carbonyl (C=O) groups is 1. The molecule has 1 spiro atoms. The summed E-state index contributed by atoms with van der Waals surface area (Å²) >= 11 is 0. The molecule has 7 rings (SSSR count). The van der Waals surface area contributed by atoms with Crippen LogP contribution in [-0.4, -0.2) is 58.6 Å². The molecule has 0 unspecified atom stereocenters. The minimum absolute atomic E-state index is 0.0113. The normalized spacial score (nSPS) is 33.9. The molecule has 6 atom stereocenters. The smallest absolute Gasteiger partial charge is 0.444 e. The SMILES string of the molecule is Cc1ccc(NC(=O)OCc2ccc([C@H]3C[C@@]4(C)[C@@H](CC[C@@]4(O)C(F)(F)C(F)(F)F)[C@@H]4CC[C@@]5(O)CC6(CCC5=C43)OCC(C)(C)CO6)cc2)cc1. The van der Waals surface area contributed by atoms with Gasteiger partial charge in [0.1, 0.15) is 12.2 Å². The van der Waals surface area contributed by atoms with E-state index in [2.05, 4.69) is 5.32 Å². The lowest BCUT2D eigenvalue weighted by molar-refractivity contribution is -0.362. The summed E-state index contributed by atoms with van der Waals surface area (Å²) < 4.78 is 90.9. The molecular weight excluding hydrogens is 685 g/mol.